The van der Waals surface area contributed by atoms with Gasteiger partial charge in [0.05, 0.1) is 28.4 Å². The van der Waals surface area contributed by atoms with E-state index in [1.807, 2.05) is 43.3 Å². The second-order valence-electron chi connectivity index (χ2n) is 4.52. The summed E-state index contributed by atoms with van der Waals surface area (Å²) in [5, 5.41) is 1.11. The minimum Gasteiger partial charge on any atom is -0.345 e. The van der Waals surface area contributed by atoms with Gasteiger partial charge in [-0.2, -0.15) is 0 Å². The number of rotatable bonds is 0. The van der Waals surface area contributed by atoms with Crippen LogP contribution in [0.4, 0.5) is 0 Å². The molecular weight excluding hydrogens is 307 g/mol. The van der Waals surface area contributed by atoms with Gasteiger partial charge in [0.25, 0.3) is 0 Å². The van der Waals surface area contributed by atoms with E-state index in [-0.39, 0.29) is 0 Å². The van der Waals surface area contributed by atoms with Gasteiger partial charge in [-0.25, -0.2) is 9.97 Å². The van der Waals surface area contributed by atoms with Crippen LogP contribution in [-0.2, 0) is 0 Å². The Morgan fingerprint density at radius 3 is 2.62 bits per heavy atom. The van der Waals surface area contributed by atoms with Crippen molar-refractivity contribution < 1.29 is 0 Å². The van der Waals surface area contributed by atoms with Gasteiger partial charge in [-0.1, -0.05) is 23.7 Å². The minimum atomic E-state index is 0.398. The molecule has 2 heterocycles. The molecule has 0 amide bonds. The summed E-state index contributed by atoms with van der Waals surface area (Å²) < 4.78 is 0. The van der Waals surface area contributed by atoms with Crippen molar-refractivity contribution in [3.8, 4) is 0 Å². The average molecular weight is 319 g/mol. The summed E-state index contributed by atoms with van der Waals surface area (Å²) in [7, 11) is 0. The third kappa shape index (κ3) is 2.86. The second kappa shape index (κ2) is 5.76. The molecule has 0 spiro atoms. The molecule has 106 valence electrons. The van der Waals surface area contributed by atoms with E-state index >= 15 is 0 Å². The first-order valence-corrected chi connectivity index (χ1v) is 7.09. The Morgan fingerprint density at radius 2 is 1.81 bits per heavy atom. The number of nitrogens with zero attached hydrogens (tertiary/aromatic N) is 2. The van der Waals surface area contributed by atoms with E-state index in [1.54, 1.807) is 6.33 Å². The number of aromatic nitrogens is 4. The summed E-state index contributed by atoms with van der Waals surface area (Å²) in [6.07, 6.45) is 1.70. The normalized spacial score (nSPS) is 10.6. The minimum absolute atomic E-state index is 0.398. The molecule has 0 unspecified atom stereocenters. The lowest BCUT2D eigenvalue weighted by Gasteiger charge is -1.95. The largest absolute Gasteiger partial charge is 0.345 e. The van der Waals surface area contributed by atoms with Crippen LogP contribution in [0.2, 0.25) is 10.3 Å². The zero-order valence-electron chi connectivity index (χ0n) is 11.2. The van der Waals surface area contributed by atoms with Gasteiger partial charge in [0, 0.05) is 5.02 Å². The van der Waals surface area contributed by atoms with E-state index in [0.717, 1.165) is 27.6 Å². The van der Waals surface area contributed by atoms with Crippen LogP contribution in [0.5, 0.6) is 0 Å². The molecule has 4 rings (SSSR count). The second-order valence-corrected chi connectivity index (χ2v) is 5.28. The van der Waals surface area contributed by atoms with Crippen LogP contribution in [0.25, 0.3) is 22.1 Å². The molecule has 0 saturated carbocycles. The third-order valence-electron chi connectivity index (χ3n) is 3.14. The lowest BCUT2D eigenvalue weighted by atomic mass is 10.2. The first-order valence-electron chi connectivity index (χ1n) is 6.33. The summed E-state index contributed by atoms with van der Waals surface area (Å²) in [6, 6.07) is 11.6. The SMILES string of the molecule is Cc1c(Cl)ccc2[nH]c(Cl)nc12.c1ccc2[nH]cnc2c1. The standard InChI is InChI=1S/C8H6Cl2N2.C7H6N2/c1-4-5(9)2-3-6-7(4)12-8(10)11-6;1-2-4-7-6(3-1)8-5-9-7/h2-3H,1H3,(H,11,12);1-5H,(H,8,9). The van der Waals surface area contributed by atoms with Gasteiger partial charge in [-0.3, -0.25) is 0 Å². The van der Waals surface area contributed by atoms with E-state index in [1.165, 1.54) is 0 Å². The number of H-pyrrole nitrogens is 2. The first-order chi connectivity index (χ1) is 10.1. The Bertz CT molecular complexity index is 865. The molecule has 21 heavy (non-hydrogen) atoms. The molecule has 0 radical (unpaired) electrons. The molecule has 0 saturated heterocycles. The number of hydrogen-bond donors (Lipinski definition) is 2. The zero-order chi connectivity index (χ0) is 14.8. The molecule has 0 aliphatic rings. The molecule has 0 aliphatic heterocycles. The topological polar surface area (TPSA) is 57.4 Å². The zero-order valence-corrected chi connectivity index (χ0v) is 12.7. The van der Waals surface area contributed by atoms with Crippen LogP contribution in [0.15, 0.2) is 42.7 Å². The van der Waals surface area contributed by atoms with Crippen LogP contribution in [0, 0.1) is 6.92 Å². The third-order valence-corrected chi connectivity index (χ3v) is 3.73. The number of benzene rings is 2. The maximum absolute atomic E-state index is 5.90. The Morgan fingerprint density at radius 1 is 1.00 bits per heavy atom. The smallest absolute Gasteiger partial charge is 0.201 e. The van der Waals surface area contributed by atoms with Crippen LogP contribution in [0.3, 0.4) is 0 Å². The molecular formula is C15H12Cl2N4. The van der Waals surface area contributed by atoms with Crippen LogP contribution in [0.1, 0.15) is 5.56 Å². The number of hydrogen-bond acceptors (Lipinski definition) is 2. The maximum Gasteiger partial charge on any atom is 0.201 e. The van der Waals surface area contributed by atoms with Gasteiger partial charge in [-0.15, -0.1) is 0 Å². The molecule has 0 atom stereocenters. The van der Waals surface area contributed by atoms with Crippen molar-refractivity contribution in [2.75, 3.05) is 0 Å². The molecule has 4 nitrogen and oxygen atoms in total. The van der Waals surface area contributed by atoms with Crippen molar-refractivity contribution in [3.63, 3.8) is 0 Å². The monoisotopic (exact) mass is 318 g/mol. The van der Waals surface area contributed by atoms with Gasteiger partial charge in [0.15, 0.2) is 0 Å². The summed E-state index contributed by atoms with van der Waals surface area (Å²) >= 11 is 11.6. The highest BCUT2D eigenvalue weighted by molar-refractivity contribution is 6.32. The molecule has 0 aliphatic carbocycles. The van der Waals surface area contributed by atoms with E-state index in [4.69, 9.17) is 23.2 Å². The quantitative estimate of drug-likeness (QED) is 0.492. The number of para-hydroxylation sites is 2. The predicted molar refractivity (Wildman–Crippen MR) is 86.9 cm³/mol. The fourth-order valence-electron chi connectivity index (χ4n) is 2.04. The molecule has 0 fully saturated rings. The van der Waals surface area contributed by atoms with Gasteiger partial charge >= 0.3 is 0 Å². The van der Waals surface area contributed by atoms with Crippen LogP contribution >= 0.6 is 23.2 Å². The van der Waals surface area contributed by atoms with E-state index < -0.39 is 0 Å². The Kier molecular flexibility index (Phi) is 3.82. The van der Waals surface area contributed by atoms with Gasteiger partial charge in [0.2, 0.25) is 5.28 Å². The Hall–Kier alpha value is -2.04. The van der Waals surface area contributed by atoms with Gasteiger partial charge in [0.1, 0.15) is 0 Å². The number of halogens is 2. The van der Waals surface area contributed by atoms with Gasteiger partial charge < -0.3 is 9.97 Å². The van der Waals surface area contributed by atoms with Crippen molar-refractivity contribution in [1.29, 1.82) is 0 Å². The summed E-state index contributed by atoms with van der Waals surface area (Å²) in [5.41, 5.74) is 4.83. The van der Waals surface area contributed by atoms with E-state index in [9.17, 15) is 0 Å². The van der Waals surface area contributed by atoms with E-state index in [0.29, 0.717) is 10.3 Å². The molecule has 2 aromatic carbocycles. The maximum atomic E-state index is 5.90. The number of fused-ring (bicyclic) bond motifs is 2. The number of aryl methyl sites for hydroxylation is 1. The van der Waals surface area contributed by atoms with Crippen molar-refractivity contribution >= 4 is 45.3 Å². The highest BCUT2D eigenvalue weighted by Crippen LogP contribution is 2.24. The first kappa shape index (κ1) is 13.9. The fraction of sp³-hybridized carbons (Fsp3) is 0.0667. The molecule has 4 aromatic rings. The lowest BCUT2D eigenvalue weighted by molar-refractivity contribution is 1.34. The lowest BCUT2D eigenvalue weighted by Crippen LogP contribution is -1.77. The number of imidazole rings is 2. The fourth-order valence-corrected chi connectivity index (χ4v) is 2.38. The molecule has 6 heteroatoms. The predicted octanol–water partition coefficient (Wildman–Crippen LogP) is 4.74. The summed E-state index contributed by atoms with van der Waals surface area (Å²) in [4.78, 5) is 14.1. The highest BCUT2D eigenvalue weighted by atomic mass is 35.5. The Balaban J connectivity index is 0.000000131. The van der Waals surface area contributed by atoms with Crippen molar-refractivity contribution in [2.24, 2.45) is 0 Å². The van der Waals surface area contributed by atoms with Crippen molar-refractivity contribution in [1.82, 2.24) is 19.9 Å². The molecule has 2 aromatic heterocycles. The van der Waals surface area contributed by atoms with Gasteiger partial charge in [-0.05, 0) is 48.4 Å². The van der Waals surface area contributed by atoms with Crippen LogP contribution < -0.4 is 0 Å². The molecule has 0 bridgehead atoms. The average Bonchev–Trinajstić information content (AvgIpc) is 3.09. The van der Waals surface area contributed by atoms with E-state index in [2.05, 4.69) is 19.9 Å². The van der Waals surface area contributed by atoms with Crippen molar-refractivity contribution in [2.45, 2.75) is 6.92 Å². The van der Waals surface area contributed by atoms with Crippen molar-refractivity contribution in [3.05, 3.63) is 58.6 Å². The summed E-state index contributed by atoms with van der Waals surface area (Å²) in [5.74, 6) is 0. The highest BCUT2D eigenvalue weighted by Gasteiger charge is 2.05. The number of nitrogens with one attached hydrogen (secondary N) is 2. The number of aromatic amines is 2. The van der Waals surface area contributed by atoms with Crippen LogP contribution in [-0.4, -0.2) is 19.9 Å². The summed E-state index contributed by atoms with van der Waals surface area (Å²) in [6.45, 7) is 1.92. The Labute approximate surface area is 131 Å². The molecule has 2 N–H and O–H groups in total.